The van der Waals surface area contributed by atoms with Crippen molar-refractivity contribution in [1.29, 1.82) is 0 Å². The first-order valence-electron chi connectivity index (χ1n) is 5.57. The van der Waals surface area contributed by atoms with Crippen molar-refractivity contribution in [2.75, 3.05) is 18.6 Å². The summed E-state index contributed by atoms with van der Waals surface area (Å²) in [5.74, 6) is 2.89. The molecule has 3 atom stereocenters. The Morgan fingerprint density at radius 2 is 2.06 bits per heavy atom. The number of nitrogens with zero attached hydrogens (tertiary/aromatic N) is 2. The van der Waals surface area contributed by atoms with Gasteiger partial charge in [0.25, 0.3) is 0 Å². The van der Waals surface area contributed by atoms with Gasteiger partial charge < -0.3 is 10.5 Å². The van der Waals surface area contributed by atoms with Gasteiger partial charge in [-0.15, -0.1) is 0 Å². The highest BCUT2D eigenvalue weighted by atomic mass is 32.2. The predicted molar refractivity (Wildman–Crippen MR) is 73.7 cm³/mol. The highest BCUT2D eigenvalue weighted by Gasteiger charge is 2.31. The summed E-state index contributed by atoms with van der Waals surface area (Å²) in [5.41, 5.74) is 7.09. The monoisotopic (exact) mass is 271 g/mol. The van der Waals surface area contributed by atoms with Crippen LogP contribution in [0.5, 0.6) is 5.88 Å². The topological polar surface area (TPSA) is 61.0 Å². The van der Waals surface area contributed by atoms with E-state index < -0.39 is 0 Å². The summed E-state index contributed by atoms with van der Waals surface area (Å²) in [6, 6.07) is -0.119. The fourth-order valence-electron chi connectivity index (χ4n) is 1.92. The van der Waals surface area contributed by atoms with Crippen molar-refractivity contribution >= 4 is 23.5 Å². The van der Waals surface area contributed by atoms with Gasteiger partial charge in [0.2, 0.25) is 5.88 Å². The van der Waals surface area contributed by atoms with Gasteiger partial charge in [0, 0.05) is 34.4 Å². The van der Waals surface area contributed by atoms with E-state index in [0.717, 1.165) is 11.4 Å². The van der Waals surface area contributed by atoms with E-state index in [1.807, 2.05) is 23.5 Å². The lowest BCUT2D eigenvalue weighted by Crippen LogP contribution is -2.35. The number of methoxy groups -OCH3 is 1. The standard InChI is InChI=1S/C11H17N3OS2/c1-7-10(17-6-5-16-7)8(12)9-11(15-2)14-4-3-13-9/h3-4,7-8,10H,5-6,12H2,1-2H3. The Morgan fingerprint density at radius 3 is 2.76 bits per heavy atom. The van der Waals surface area contributed by atoms with Crippen molar-refractivity contribution in [1.82, 2.24) is 9.97 Å². The van der Waals surface area contributed by atoms with Crippen LogP contribution in [0.15, 0.2) is 12.4 Å². The van der Waals surface area contributed by atoms with Crippen molar-refractivity contribution in [2.24, 2.45) is 5.73 Å². The third-order valence-corrected chi connectivity index (χ3v) is 6.01. The van der Waals surface area contributed by atoms with Crippen LogP contribution in [0.1, 0.15) is 18.7 Å². The zero-order valence-electron chi connectivity index (χ0n) is 10.00. The molecule has 0 saturated carbocycles. The molecule has 0 bridgehead atoms. The average molecular weight is 271 g/mol. The Bertz CT molecular complexity index is 377. The molecule has 2 rings (SSSR count). The lowest BCUT2D eigenvalue weighted by Gasteiger charge is -2.32. The average Bonchev–Trinajstić information content (AvgIpc) is 2.38. The van der Waals surface area contributed by atoms with E-state index in [9.17, 15) is 0 Å². The van der Waals surface area contributed by atoms with E-state index in [1.165, 1.54) is 5.75 Å². The molecule has 6 heteroatoms. The van der Waals surface area contributed by atoms with Crippen molar-refractivity contribution < 1.29 is 4.74 Å². The van der Waals surface area contributed by atoms with Gasteiger partial charge in [-0.3, -0.25) is 4.98 Å². The third-order valence-electron chi connectivity index (χ3n) is 2.79. The zero-order chi connectivity index (χ0) is 12.3. The summed E-state index contributed by atoms with van der Waals surface area (Å²) in [4.78, 5) is 8.48. The first-order valence-corrected chi connectivity index (χ1v) is 7.67. The summed E-state index contributed by atoms with van der Waals surface area (Å²) >= 11 is 3.90. The van der Waals surface area contributed by atoms with Gasteiger partial charge in [-0.2, -0.15) is 23.5 Å². The predicted octanol–water partition coefficient (Wildman–Crippen LogP) is 1.72. The summed E-state index contributed by atoms with van der Waals surface area (Å²) in [6.07, 6.45) is 3.30. The lowest BCUT2D eigenvalue weighted by molar-refractivity contribution is 0.383. The number of hydrogen-bond donors (Lipinski definition) is 1. The SMILES string of the molecule is COc1nccnc1C(N)C1SCCSC1C. The molecule has 1 aliphatic rings. The second-order valence-corrected chi connectivity index (χ2v) is 6.66. The van der Waals surface area contributed by atoms with E-state index >= 15 is 0 Å². The fourth-order valence-corrected chi connectivity index (χ4v) is 4.77. The molecule has 94 valence electrons. The molecule has 1 aromatic rings. The van der Waals surface area contributed by atoms with Crippen LogP contribution < -0.4 is 10.5 Å². The number of thioether (sulfide) groups is 2. The van der Waals surface area contributed by atoms with Crippen LogP contribution in [0.3, 0.4) is 0 Å². The summed E-state index contributed by atoms with van der Waals surface area (Å²) in [5, 5.41) is 0.912. The minimum atomic E-state index is -0.119. The normalized spacial score (nSPS) is 26.5. The van der Waals surface area contributed by atoms with E-state index in [4.69, 9.17) is 10.5 Å². The molecule has 4 nitrogen and oxygen atoms in total. The molecule has 17 heavy (non-hydrogen) atoms. The highest BCUT2D eigenvalue weighted by Crippen LogP contribution is 2.38. The van der Waals surface area contributed by atoms with Gasteiger partial charge in [0.1, 0.15) is 5.69 Å². The summed E-state index contributed by atoms with van der Waals surface area (Å²) in [6.45, 7) is 2.23. The molecule has 2 heterocycles. The van der Waals surface area contributed by atoms with E-state index in [0.29, 0.717) is 16.4 Å². The zero-order valence-corrected chi connectivity index (χ0v) is 11.6. The minimum absolute atomic E-state index is 0.119. The lowest BCUT2D eigenvalue weighted by atomic mass is 10.1. The molecule has 0 radical (unpaired) electrons. The quantitative estimate of drug-likeness (QED) is 0.903. The number of hydrogen-bond acceptors (Lipinski definition) is 6. The Balaban J connectivity index is 2.20. The van der Waals surface area contributed by atoms with Crippen LogP contribution in [0.25, 0.3) is 0 Å². The summed E-state index contributed by atoms with van der Waals surface area (Å²) in [7, 11) is 1.60. The maximum absolute atomic E-state index is 6.32. The smallest absolute Gasteiger partial charge is 0.237 e. The van der Waals surface area contributed by atoms with E-state index in [1.54, 1.807) is 19.5 Å². The first-order chi connectivity index (χ1) is 8.24. The van der Waals surface area contributed by atoms with Crippen LogP contribution in [-0.2, 0) is 0 Å². The van der Waals surface area contributed by atoms with Gasteiger partial charge in [-0.1, -0.05) is 6.92 Å². The van der Waals surface area contributed by atoms with Crippen LogP contribution in [0.4, 0.5) is 0 Å². The van der Waals surface area contributed by atoms with Crippen LogP contribution >= 0.6 is 23.5 Å². The molecule has 0 amide bonds. The van der Waals surface area contributed by atoms with Gasteiger partial charge in [0.05, 0.1) is 13.2 Å². The Morgan fingerprint density at radius 1 is 1.35 bits per heavy atom. The first kappa shape index (κ1) is 13.0. The van der Waals surface area contributed by atoms with E-state index in [2.05, 4.69) is 16.9 Å². The maximum atomic E-state index is 6.32. The molecule has 0 aliphatic carbocycles. The second-order valence-electron chi connectivity index (χ2n) is 3.89. The van der Waals surface area contributed by atoms with Gasteiger partial charge >= 0.3 is 0 Å². The van der Waals surface area contributed by atoms with Crippen LogP contribution in [0, 0.1) is 0 Å². The van der Waals surface area contributed by atoms with E-state index in [-0.39, 0.29) is 6.04 Å². The molecule has 1 fully saturated rings. The second kappa shape index (κ2) is 5.93. The molecular weight excluding hydrogens is 254 g/mol. The largest absolute Gasteiger partial charge is 0.480 e. The molecule has 3 unspecified atom stereocenters. The Hall–Kier alpha value is -0.460. The van der Waals surface area contributed by atoms with Crippen molar-refractivity contribution in [3.05, 3.63) is 18.1 Å². The van der Waals surface area contributed by atoms with Crippen LogP contribution in [0.2, 0.25) is 0 Å². The van der Waals surface area contributed by atoms with Gasteiger partial charge in [-0.05, 0) is 0 Å². The molecule has 1 aromatic heterocycles. The molecule has 1 saturated heterocycles. The Kier molecular flexibility index (Phi) is 4.53. The third kappa shape index (κ3) is 2.86. The van der Waals surface area contributed by atoms with Gasteiger partial charge in [0.15, 0.2) is 0 Å². The number of nitrogens with two attached hydrogens (primary N) is 1. The molecule has 1 aliphatic heterocycles. The highest BCUT2D eigenvalue weighted by molar-refractivity contribution is 8.07. The molecule has 2 N–H and O–H groups in total. The molecular formula is C11H17N3OS2. The molecule has 0 aromatic carbocycles. The minimum Gasteiger partial charge on any atom is -0.480 e. The van der Waals surface area contributed by atoms with Crippen molar-refractivity contribution in [2.45, 2.75) is 23.5 Å². The maximum Gasteiger partial charge on any atom is 0.237 e. The van der Waals surface area contributed by atoms with Crippen LogP contribution in [-0.4, -0.2) is 39.1 Å². The molecule has 0 spiro atoms. The number of rotatable bonds is 3. The summed E-state index contributed by atoms with van der Waals surface area (Å²) < 4.78 is 5.22. The number of ether oxygens (including phenoxy) is 1. The van der Waals surface area contributed by atoms with Gasteiger partial charge in [-0.25, -0.2) is 4.98 Å². The fraction of sp³-hybridized carbons (Fsp3) is 0.636. The number of aromatic nitrogens is 2. The van der Waals surface area contributed by atoms with Crippen molar-refractivity contribution in [3.63, 3.8) is 0 Å². The van der Waals surface area contributed by atoms with Crippen molar-refractivity contribution in [3.8, 4) is 5.88 Å². The Labute approximate surface area is 110 Å².